The molecule has 0 aliphatic heterocycles. The molecule has 2 aromatic carbocycles. The molecule has 0 bridgehead atoms. The van der Waals surface area contributed by atoms with Crippen LogP contribution in [0, 0.1) is 12.7 Å². The van der Waals surface area contributed by atoms with Crippen molar-refractivity contribution in [3.63, 3.8) is 0 Å². The van der Waals surface area contributed by atoms with Gasteiger partial charge in [0.1, 0.15) is 18.2 Å². The largest absolute Gasteiger partial charge is 0.488 e. The van der Waals surface area contributed by atoms with Crippen LogP contribution in [0.4, 0.5) is 4.39 Å². The van der Waals surface area contributed by atoms with Gasteiger partial charge in [0.25, 0.3) is 0 Å². The standard InChI is InChI=1S/C17H15FO3/c1-12-4-2-3-5-14(12)11-21-16-8-7-15(18)10-13(16)6-9-17(19)20/h2-10H,11H2,1H3,(H,19,20)/b9-6+. The quantitative estimate of drug-likeness (QED) is 0.850. The van der Waals surface area contributed by atoms with Crippen molar-refractivity contribution in [3.05, 3.63) is 71.0 Å². The number of hydrogen-bond acceptors (Lipinski definition) is 2. The minimum absolute atomic E-state index is 0.340. The molecule has 3 nitrogen and oxygen atoms in total. The average molecular weight is 286 g/mol. The molecule has 0 heterocycles. The van der Waals surface area contributed by atoms with Gasteiger partial charge in [0.2, 0.25) is 0 Å². The summed E-state index contributed by atoms with van der Waals surface area (Å²) >= 11 is 0. The van der Waals surface area contributed by atoms with Crippen LogP contribution < -0.4 is 4.74 Å². The van der Waals surface area contributed by atoms with Crippen LogP contribution in [-0.2, 0) is 11.4 Å². The summed E-state index contributed by atoms with van der Waals surface area (Å²) in [4.78, 5) is 10.6. The van der Waals surface area contributed by atoms with E-state index in [-0.39, 0.29) is 0 Å². The van der Waals surface area contributed by atoms with E-state index in [0.717, 1.165) is 17.2 Å². The molecule has 0 aliphatic carbocycles. The van der Waals surface area contributed by atoms with E-state index in [4.69, 9.17) is 9.84 Å². The van der Waals surface area contributed by atoms with Crippen LogP contribution in [0.5, 0.6) is 5.75 Å². The van der Waals surface area contributed by atoms with Crippen molar-refractivity contribution in [1.29, 1.82) is 0 Å². The van der Waals surface area contributed by atoms with E-state index >= 15 is 0 Å². The molecule has 2 aromatic rings. The molecule has 0 saturated carbocycles. The Bertz CT molecular complexity index is 677. The number of aliphatic carboxylic acids is 1. The third-order valence-corrected chi connectivity index (χ3v) is 3.02. The summed E-state index contributed by atoms with van der Waals surface area (Å²) in [7, 11) is 0. The lowest BCUT2D eigenvalue weighted by atomic mass is 10.1. The molecule has 2 rings (SSSR count). The topological polar surface area (TPSA) is 46.5 Å². The van der Waals surface area contributed by atoms with Crippen LogP contribution in [0.3, 0.4) is 0 Å². The van der Waals surface area contributed by atoms with Gasteiger partial charge in [-0.05, 0) is 42.3 Å². The van der Waals surface area contributed by atoms with Crippen molar-refractivity contribution >= 4 is 12.0 Å². The van der Waals surface area contributed by atoms with Gasteiger partial charge in [0.15, 0.2) is 0 Å². The Morgan fingerprint density at radius 1 is 1.29 bits per heavy atom. The second kappa shape index (κ2) is 6.70. The smallest absolute Gasteiger partial charge is 0.328 e. The molecule has 21 heavy (non-hydrogen) atoms. The highest BCUT2D eigenvalue weighted by Crippen LogP contribution is 2.23. The summed E-state index contributed by atoms with van der Waals surface area (Å²) in [5.41, 5.74) is 2.52. The zero-order valence-electron chi connectivity index (χ0n) is 11.5. The first kappa shape index (κ1) is 14.8. The normalized spacial score (nSPS) is 10.8. The average Bonchev–Trinajstić information content (AvgIpc) is 2.45. The molecule has 0 saturated heterocycles. The third kappa shape index (κ3) is 4.18. The maximum absolute atomic E-state index is 13.3. The maximum Gasteiger partial charge on any atom is 0.328 e. The molecular weight excluding hydrogens is 271 g/mol. The number of carbonyl (C=O) groups is 1. The summed E-state index contributed by atoms with van der Waals surface area (Å²) in [5.74, 6) is -1.09. The van der Waals surface area contributed by atoms with Gasteiger partial charge in [-0.3, -0.25) is 0 Å². The van der Waals surface area contributed by atoms with Crippen molar-refractivity contribution in [2.75, 3.05) is 0 Å². The van der Waals surface area contributed by atoms with Crippen LogP contribution in [0.2, 0.25) is 0 Å². The predicted molar refractivity (Wildman–Crippen MR) is 78.6 cm³/mol. The lowest BCUT2D eigenvalue weighted by Crippen LogP contribution is -1.99. The first-order valence-corrected chi connectivity index (χ1v) is 6.44. The summed E-state index contributed by atoms with van der Waals surface area (Å²) in [5, 5.41) is 8.66. The highest BCUT2D eigenvalue weighted by molar-refractivity contribution is 5.85. The number of carboxylic acid groups (broad SMARTS) is 1. The van der Waals surface area contributed by atoms with Gasteiger partial charge in [-0.1, -0.05) is 24.3 Å². The highest BCUT2D eigenvalue weighted by atomic mass is 19.1. The first-order valence-electron chi connectivity index (χ1n) is 6.44. The van der Waals surface area contributed by atoms with E-state index in [1.807, 2.05) is 31.2 Å². The van der Waals surface area contributed by atoms with Crippen LogP contribution in [0.15, 0.2) is 48.5 Å². The highest BCUT2D eigenvalue weighted by Gasteiger charge is 2.05. The minimum Gasteiger partial charge on any atom is -0.488 e. The molecule has 0 fully saturated rings. The van der Waals surface area contributed by atoms with Gasteiger partial charge in [0, 0.05) is 11.6 Å². The van der Waals surface area contributed by atoms with Crippen molar-refractivity contribution in [1.82, 2.24) is 0 Å². The number of carboxylic acids is 1. The zero-order chi connectivity index (χ0) is 15.2. The fourth-order valence-electron chi connectivity index (χ4n) is 1.87. The van der Waals surface area contributed by atoms with Crippen molar-refractivity contribution < 1.29 is 19.0 Å². The Kier molecular flexibility index (Phi) is 4.72. The van der Waals surface area contributed by atoms with Gasteiger partial charge in [0.05, 0.1) is 0 Å². The van der Waals surface area contributed by atoms with E-state index < -0.39 is 11.8 Å². The summed E-state index contributed by atoms with van der Waals surface area (Å²) in [6.45, 7) is 2.32. The van der Waals surface area contributed by atoms with E-state index in [1.54, 1.807) is 0 Å². The minimum atomic E-state index is -1.09. The number of rotatable bonds is 5. The predicted octanol–water partition coefficient (Wildman–Crippen LogP) is 3.81. The number of aryl methyl sites for hydroxylation is 1. The molecule has 0 aromatic heterocycles. The Morgan fingerprint density at radius 3 is 2.76 bits per heavy atom. The fraction of sp³-hybridized carbons (Fsp3) is 0.118. The molecule has 0 unspecified atom stereocenters. The number of ether oxygens (including phenoxy) is 1. The lowest BCUT2D eigenvalue weighted by Gasteiger charge is -2.11. The molecule has 0 atom stereocenters. The van der Waals surface area contributed by atoms with Crippen LogP contribution in [0.1, 0.15) is 16.7 Å². The number of benzene rings is 2. The van der Waals surface area contributed by atoms with Crippen molar-refractivity contribution in [3.8, 4) is 5.75 Å². The molecule has 108 valence electrons. The number of hydrogen-bond donors (Lipinski definition) is 1. The van der Waals surface area contributed by atoms with Gasteiger partial charge < -0.3 is 9.84 Å². The lowest BCUT2D eigenvalue weighted by molar-refractivity contribution is -0.131. The Hall–Kier alpha value is -2.62. The van der Waals surface area contributed by atoms with E-state index in [1.165, 1.54) is 24.3 Å². The molecule has 1 N–H and O–H groups in total. The van der Waals surface area contributed by atoms with Gasteiger partial charge >= 0.3 is 5.97 Å². The summed E-state index contributed by atoms with van der Waals surface area (Å²) < 4.78 is 18.9. The second-order valence-electron chi connectivity index (χ2n) is 4.57. The molecule has 0 aliphatic rings. The molecular formula is C17H15FO3. The zero-order valence-corrected chi connectivity index (χ0v) is 11.5. The van der Waals surface area contributed by atoms with E-state index in [9.17, 15) is 9.18 Å². The first-order chi connectivity index (χ1) is 10.1. The Morgan fingerprint density at radius 2 is 2.05 bits per heavy atom. The fourth-order valence-corrected chi connectivity index (χ4v) is 1.87. The van der Waals surface area contributed by atoms with Gasteiger partial charge in [-0.15, -0.1) is 0 Å². The van der Waals surface area contributed by atoms with Gasteiger partial charge in [-0.25, -0.2) is 9.18 Å². The van der Waals surface area contributed by atoms with E-state index in [0.29, 0.717) is 17.9 Å². The molecule has 0 radical (unpaired) electrons. The monoisotopic (exact) mass is 286 g/mol. The second-order valence-corrected chi connectivity index (χ2v) is 4.57. The summed E-state index contributed by atoms with van der Waals surface area (Å²) in [6, 6.07) is 11.8. The van der Waals surface area contributed by atoms with Crippen molar-refractivity contribution in [2.24, 2.45) is 0 Å². The maximum atomic E-state index is 13.3. The van der Waals surface area contributed by atoms with Crippen molar-refractivity contribution in [2.45, 2.75) is 13.5 Å². The SMILES string of the molecule is Cc1ccccc1COc1ccc(F)cc1/C=C/C(=O)O. The number of halogens is 1. The Labute approximate surface area is 122 Å². The molecule has 0 amide bonds. The van der Waals surface area contributed by atoms with Crippen LogP contribution in [0.25, 0.3) is 6.08 Å². The third-order valence-electron chi connectivity index (χ3n) is 3.02. The van der Waals surface area contributed by atoms with Gasteiger partial charge in [-0.2, -0.15) is 0 Å². The van der Waals surface area contributed by atoms with E-state index in [2.05, 4.69) is 0 Å². The summed E-state index contributed by atoms with van der Waals surface area (Å²) in [6.07, 6.45) is 2.27. The molecule has 0 spiro atoms. The Balaban J connectivity index is 2.20. The van der Waals surface area contributed by atoms with Crippen LogP contribution >= 0.6 is 0 Å². The van der Waals surface area contributed by atoms with Crippen LogP contribution in [-0.4, -0.2) is 11.1 Å². The molecule has 4 heteroatoms.